The third-order valence-electron chi connectivity index (χ3n) is 3.17. The minimum atomic E-state index is 0.297. The van der Waals surface area contributed by atoms with Gasteiger partial charge in [-0.15, -0.1) is 0 Å². The largest absolute Gasteiger partial charge is 0.328 e. The number of nitrogens with two attached hydrogens (primary N) is 1. The lowest BCUT2D eigenvalue weighted by atomic mass is 9.97. The van der Waals surface area contributed by atoms with Gasteiger partial charge in [0.2, 0.25) is 0 Å². The molecule has 2 heteroatoms. The van der Waals surface area contributed by atoms with Gasteiger partial charge in [-0.05, 0) is 70.3 Å². The molecular formula is C15H26N2. The van der Waals surface area contributed by atoms with E-state index in [1.165, 1.54) is 22.3 Å². The third-order valence-corrected chi connectivity index (χ3v) is 3.17. The zero-order valence-electron chi connectivity index (χ0n) is 11.6. The average Bonchev–Trinajstić information content (AvgIpc) is 2.20. The van der Waals surface area contributed by atoms with Crippen molar-refractivity contribution < 1.29 is 0 Å². The van der Waals surface area contributed by atoms with E-state index in [1.807, 2.05) is 0 Å². The molecule has 0 aromatic heterocycles. The molecule has 2 nitrogen and oxygen atoms in total. The van der Waals surface area contributed by atoms with Gasteiger partial charge in [0.05, 0.1) is 0 Å². The van der Waals surface area contributed by atoms with Crippen LogP contribution in [-0.2, 0) is 6.42 Å². The van der Waals surface area contributed by atoms with Crippen molar-refractivity contribution in [2.24, 2.45) is 5.73 Å². The molecule has 0 fully saturated rings. The van der Waals surface area contributed by atoms with E-state index in [1.54, 1.807) is 0 Å². The zero-order chi connectivity index (χ0) is 12.8. The van der Waals surface area contributed by atoms with E-state index in [4.69, 9.17) is 5.73 Å². The Hall–Kier alpha value is -0.860. The lowest BCUT2D eigenvalue weighted by molar-refractivity contribution is 0.589. The van der Waals surface area contributed by atoms with Crippen molar-refractivity contribution in [1.29, 1.82) is 0 Å². The standard InChI is InChI=1S/C15H26N2/c1-11-9-12(2)15(13(3)10-11)6-8-17-7-5-14(4)16/h9-10,14,17H,5-8,16H2,1-4H3. The maximum absolute atomic E-state index is 5.71. The number of hydrogen-bond acceptors (Lipinski definition) is 2. The first-order valence-corrected chi connectivity index (χ1v) is 6.53. The van der Waals surface area contributed by atoms with E-state index < -0.39 is 0 Å². The molecule has 0 amide bonds. The summed E-state index contributed by atoms with van der Waals surface area (Å²) < 4.78 is 0. The first-order chi connectivity index (χ1) is 8.00. The fourth-order valence-corrected chi connectivity index (χ4v) is 2.27. The zero-order valence-corrected chi connectivity index (χ0v) is 11.6. The van der Waals surface area contributed by atoms with Crippen LogP contribution in [0.1, 0.15) is 35.6 Å². The van der Waals surface area contributed by atoms with Crippen LogP contribution in [0, 0.1) is 20.8 Å². The summed E-state index contributed by atoms with van der Waals surface area (Å²) in [5, 5.41) is 3.45. The van der Waals surface area contributed by atoms with Gasteiger partial charge in [-0.3, -0.25) is 0 Å². The smallest absolute Gasteiger partial charge is 0.00225 e. The van der Waals surface area contributed by atoms with Gasteiger partial charge in [0.1, 0.15) is 0 Å². The number of benzene rings is 1. The van der Waals surface area contributed by atoms with E-state index in [-0.39, 0.29) is 0 Å². The van der Waals surface area contributed by atoms with Crippen molar-refractivity contribution in [2.75, 3.05) is 13.1 Å². The molecule has 1 atom stereocenters. The predicted octanol–water partition coefficient (Wildman–Crippen LogP) is 2.48. The van der Waals surface area contributed by atoms with E-state index in [0.717, 1.165) is 25.9 Å². The molecule has 1 rings (SSSR count). The van der Waals surface area contributed by atoms with E-state index >= 15 is 0 Å². The SMILES string of the molecule is Cc1cc(C)c(CCNCCC(C)N)c(C)c1. The molecule has 3 N–H and O–H groups in total. The number of rotatable bonds is 6. The highest BCUT2D eigenvalue weighted by atomic mass is 14.8. The summed E-state index contributed by atoms with van der Waals surface area (Å²) in [6, 6.07) is 4.83. The van der Waals surface area contributed by atoms with Crippen molar-refractivity contribution in [1.82, 2.24) is 5.32 Å². The molecule has 0 aliphatic carbocycles. The summed E-state index contributed by atoms with van der Waals surface area (Å²) in [6.45, 7) is 10.7. The highest BCUT2D eigenvalue weighted by Gasteiger charge is 2.03. The minimum Gasteiger partial charge on any atom is -0.328 e. The lowest BCUT2D eigenvalue weighted by Gasteiger charge is -2.12. The summed E-state index contributed by atoms with van der Waals surface area (Å²) in [5.74, 6) is 0. The number of nitrogens with one attached hydrogen (secondary N) is 1. The van der Waals surface area contributed by atoms with Crippen molar-refractivity contribution >= 4 is 0 Å². The molecule has 0 spiro atoms. The molecule has 0 aliphatic heterocycles. The fourth-order valence-electron chi connectivity index (χ4n) is 2.27. The Balaban J connectivity index is 2.42. The Bertz CT molecular complexity index is 333. The van der Waals surface area contributed by atoms with Gasteiger partial charge in [0.25, 0.3) is 0 Å². The van der Waals surface area contributed by atoms with Crippen LogP contribution in [0.4, 0.5) is 0 Å². The minimum absolute atomic E-state index is 0.297. The Morgan fingerprint density at radius 3 is 2.24 bits per heavy atom. The van der Waals surface area contributed by atoms with Crippen LogP contribution < -0.4 is 11.1 Å². The molecule has 0 saturated carbocycles. The maximum Gasteiger partial charge on any atom is 0.00225 e. The predicted molar refractivity (Wildman–Crippen MR) is 75.5 cm³/mol. The molecule has 0 heterocycles. The second kappa shape index (κ2) is 6.77. The summed E-state index contributed by atoms with van der Waals surface area (Å²) in [7, 11) is 0. The quantitative estimate of drug-likeness (QED) is 0.742. The number of aryl methyl sites for hydroxylation is 3. The second-order valence-electron chi connectivity index (χ2n) is 5.14. The van der Waals surface area contributed by atoms with Crippen molar-refractivity contribution in [3.05, 3.63) is 34.4 Å². The van der Waals surface area contributed by atoms with Crippen LogP contribution in [0.15, 0.2) is 12.1 Å². The molecule has 96 valence electrons. The average molecular weight is 234 g/mol. The van der Waals surface area contributed by atoms with Crippen molar-refractivity contribution in [3.63, 3.8) is 0 Å². The van der Waals surface area contributed by atoms with Gasteiger partial charge in [-0.25, -0.2) is 0 Å². The highest BCUT2D eigenvalue weighted by Crippen LogP contribution is 2.16. The monoisotopic (exact) mass is 234 g/mol. The summed E-state index contributed by atoms with van der Waals surface area (Å²) in [4.78, 5) is 0. The molecule has 0 saturated heterocycles. The van der Waals surface area contributed by atoms with Gasteiger partial charge in [0, 0.05) is 6.04 Å². The topological polar surface area (TPSA) is 38.0 Å². The molecular weight excluding hydrogens is 208 g/mol. The van der Waals surface area contributed by atoms with Crippen molar-refractivity contribution in [2.45, 2.75) is 46.6 Å². The van der Waals surface area contributed by atoms with Crippen LogP contribution in [0.3, 0.4) is 0 Å². The van der Waals surface area contributed by atoms with Gasteiger partial charge in [-0.2, -0.15) is 0 Å². The molecule has 17 heavy (non-hydrogen) atoms. The first-order valence-electron chi connectivity index (χ1n) is 6.53. The van der Waals surface area contributed by atoms with Crippen LogP contribution in [0.5, 0.6) is 0 Å². The van der Waals surface area contributed by atoms with Gasteiger partial charge in [-0.1, -0.05) is 17.7 Å². The second-order valence-corrected chi connectivity index (χ2v) is 5.14. The summed E-state index contributed by atoms with van der Waals surface area (Å²) in [6.07, 6.45) is 2.16. The van der Waals surface area contributed by atoms with Gasteiger partial charge < -0.3 is 11.1 Å². The van der Waals surface area contributed by atoms with E-state index in [0.29, 0.717) is 6.04 Å². The van der Waals surface area contributed by atoms with Crippen LogP contribution >= 0.6 is 0 Å². The van der Waals surface area contributed by atoms with Crippen molar-refractivity contribution in [3.8, 4) is 0 Å². The fraction of sp³-hybridized carbons (Fsp3) is 0.600. The molecule has 0 radical (unpaired) electrons. The van der Waals surface area contributed by atoms with Crippen LogP contribution in [0.2, 0.25) is 0 Å². The molecule has 0 bridgehead atoms. The molecule has 0 aliphatic rings. The summed E-state index contributed by atoms with van der Waals surface area (Å²) >= 11 is 0. The Morgan fingerprint density at radius 2 is 1.71 bits per heavy atom. The lowest BCUT2D eigenvalue weighted by Crippen LogP contribution is -2.25. The third kappa shape index (κ3) is 4.88. The highest BCUT2D eigenvalue weighted by molar-refractivity contribution is 5.37. The molecule has 1 unspecified atom stereocenters. The maximum atomic E-state index is 5.71. The van der Waals surface area contributed by atoms with Gasteiger partial charge >= 0.3 is 0 Å². The van der Waals surface area contributed by atoms with E-state index in [2.05, 4.69) is 45.1 Å². The molecule has 1 aromatic rings. The van der Waals surface area contributed by atoms with Gasteiger partial charge in [0.15, 0.2) is 0 Å². The number of hydrogen-bond donors (Lipinski definition) is 2. The van der Waals surface area contributed by atoms with E-state index in [9.17, 15) is 0 Å². The Labute approximate surface area is 106 Å². The Kier molecular flexibility index (Phi) is 5.66. The summed E-state index contributed by atoms with van der Waals surface area (Å²) in [5.41, 5.74) is 11.4. The normalized spacial score (nSPS) is 12.8. The Morgan fingerprint density at radius 1 is 1.12 bits per heavy atom. The van der Waals surface area contributed by atoms with Crippen LogP contribution in [-0.4, -0.2) is 19.1 Å². The first kappa shape index (κ1) is 14.2. The van der Waals surface area contributed by atoms with Crippen LogP contribution in [0.25, 0.3) is 0 Å². The molecule has 1 aromatic carbocycles.